The van der Waals surface area contributed by atoms with Gasteiger partial charge in [-0.25, -0.2) is 0 Å². The van der Waals surface area contributed by atoms with Crippen LogP contribution in [0.3, 0.4) is 0 Å². The van der Waals surface area contributed by atoms with Crippen molar-refractivity contribution in [1.82, 2.24) is 4.98 Å². The molecule has 1 aromatic heterocycles. The summed E-state index contributed by atoms with van der Waals surface area (Å²) in [5.74, 6) is 0.453. The summed E-state index contributed by atoms with van der Waals surface area (Å²) in [6.45, 7) is -0.535. The second-order valence-electron chi connectivity index (χ2n) is 4.87. The highest BCUT2D eigenvalue weighted by Crippen LogP contribution is 2.23. The van der Waals surface area contributed by atoms with E-state index in [1.807, 2.05) is 24.3 Å². The van der Waals surface area contributed by atoms with E-state index >= 15 is 0 Å². The number of aromatic nitrogens is 1. The summed E-state index contributed by atoms with van der Waals surface area (Å²) in [4.78, 5) is 4.29. The third kappa shape index (κ3) is 4.44. The van der Waals surface area contributed by atoms with Gasteiger partial charge in [0.1, 0.15) is 0 Å². The van der Waals surface area contributed by atoms with Crippen LogP contribution < -0.4 is 0 Å². The molecule has 1 heterocycles. The number of hydrogen-bond acceptors (Lipinski definition) is 3. The van der Waals surface area contributed by atoms with Gasteiger partial charge in [-0.15, -0.1) is 0 Å². The molecule has 0 saturated heterocycles. The van der Waals surface area contributed by atoms with E-state index in [1.165, 1.54) is 0 Å². The largest absolute Gasteiger partial charge is 0.388 e. The zero-order valence-corrected chi connectivity index (χ0v) is 12.6. The van der Waals surface area contributed by atoms with Crippen molar-refractivity contribution in [3.8, 4) is 11.1 Å². The molecule has 0 saturated carbocycles. The maximum atomic E-state index is 12.2. The number of aliphatic hydroxyl groups is 1. The first-order chi connectivity index (χ1) is 10.1. The summed E-state index contributed by atoms with van der Waals surface area (Å²) in [5, 5.41) is 9.72. The number of pyridine rings is 1. The Morgan fingerprint density at radius 1 is 1.19 bits per heavy atom. The maximum absolute atomic E-state index is 12.2. The first-order valence-electron chi connectivity index (χ1n) is 6.69. The molecule has 0 amide bonds. The van der Waals surface area contributed by atoms with E-state index in [0.717, 1.165) is 16.8 Å². The van der Waals surface area contributed by atoms with Crippen molar-refractivity contribution in [1.29, 1.82) is 0 Å². The lowest BCUT2D eigenvalue weighted by atomic mass is 10.0. The van der Waals surface area contributed by atoms with Gasteiger partial charge in [0.25, 0.3) is 0 Å². The first kappa shape index (κ1) is 15.8. The van der Waals surface area contributed by atoms with Gasteiger partial charge in [0.15, 0.2) is 0 Å². The van der Waals surface area contributed by atoms with Gasteiger partial charge in [-0.3, -0.25) is 13.6 Å². The van der Waals surface area contributed by atoms with Gasteiger partial charge in [-0.05, 0) is 17.2 Å². The lowest BCUT2D eigenvalue weighted by molar-refractivity contribution is 0.156. The highest BCUT2D eigenvalue weighted by atomic mass is 32.2. The molecule has 1 aromatic carbocycles. The van der Waals surface area contributed by atoms with Crippen LogP contribution in [-0.2, 0) is 16.6 Å². The Balaban J connectivity index is 2.13. The van der Waals surface area contributed by atoms with Crippen molar-refractivity contribution < 1.29 is 13.7 Å². The summed E-state index contributed by atoms with van der Waals surface area (Å²) in [6, 6.07) is 11.1. The van der Waals surface area contributed by atoms with E-state index in [2.05, 4.69) is 4.98 Å². The second kappa shape index (κ2) is 7.43. The van der Waals surface area contributed by atoms with Crippen LogP contribution in [0.5, 0.6) is 0 Å². The van der Waals surface area contributed by atoms with Crippen LogP contribution in [0.25, 0.3) is 11.1 Å². The number of rotatable bonds is 6. The Morgan fingerprint density at radius 2 is 1.86 bits per heavy atom. The molecule has 0 fully saturated rings. The van der Waals surface area contributed by atoms with E-state index in [9.17, 15) is 13.7 Å². The van der Waals surface area contributed by atoms with Crippen molar-refractivity contribution in [2.24, 2.45) is 0 Å². The van der Waals surface area contributed by atoms with Crippen LogP contribution in [-0.4, -0.2) is 27.2 Å². The van der Waals surface area contributed by atoms with E-state index in [-0.39, 0.29) is 6.42 Å². The highest BCUT2D eigenvalue weighted by molar-refractivity contribution is 7.83. The van der Waals surface area contributed by atoms with E-state index in [4.69, 9.17) is 0 Å². The van der Waals surface area contributed by atoms with Crippen LogP contribution in [0.4, 0.5) is 4.39 Å². The summed E-state index contributed by atoms with van der Waals surface area (Å²) < 4.78 is 23.4. The van der Waals surface area contributed by atoms with E-state index in [0.29, 0.717) is 11.3 Å². The van der Waals surface area contributed by atoms with Gasteiger partial charge in [-0.1, -0.05) is 30.3 Å². The van der Waals surface area contributed by atoms with Crippen LogP contribution in [0.2, 0.25) is 0 Å². The fourth-order valence-electron chi connectivity index (χ4n) is 2.06. The lowest BCUT2D eigenvalue weighted by Crippen LogP contribution is -1.98. The fourth-order valence-corrected chi connectivity index (χ4v) is 2.64. The molecule has 0 aliphatic carbocycles. The zero-order valence-electron chi connectivity index (χ0n) is 11.8. The summed E-state index contributed by atoms with van der Waals surface area (Å²) in [6.07, 6.45) is 2.75. The molecule has 0 radical (unpaired) electrons. The number of aliphatic hydroxyl groups excluding tert-OH is 1. The Kier molecular flexibility index (Phi) is 5.59. The summed E-state index contributed by atoms with van der Waals surface area (Å²) in [5.41, 5.74) is 3.44. The van der Waals surface area contributed by atoms with Gasteiger partial charge in [0.05, 0.1) is 24.2 Å². The average molecular weight is 307 g/mol. The van der Waals surface area contributed by atoms with Gasteiger partial charge < -0.3 is 5.11 Å². The predicted octanol–water partition coefficient (Wildman–Crippen LogP) is 3.02. The first-order valence-corrected chi connectivity index (χ1v) is 8.42. The van der Waals surface area contributed by atoms with Gasteiger partial charge >= 0.3 is 0 Å². The molecule has 21 heavy (non-hydrogen) atoms. The van der Waals surface area contributed by atoms with Gasteiger partial charge in [-0.2, -0.15) is 0 Å². The third-order valence-electron chi connectivity index (χ3n) is 3.19. The topological polar surface area (TPSA) is 50.2 Å². The smallest absolute Gasteiger partial charge is 0.0922 e. The van der Waals surface area contributed by atoms with Crippen LogP contribution in [0.1, 0.15) is 23.8 Å². The molecule has 2 unspecified atom stereocenters. The molecule has 112 valence electrons. The Bertz CT molecular complexity index is 599. The molecular weight excluding hydrogens is 289 g/mol. The van der Waals surface area contributed by atoms with Crippen LogP contribution >= 0.6 is 0 Å². The minimum absolute atomic E-state index is 0.115. The summed E-state index contributed by atoms with van der Waals surface area (Å²) >= 11 is 0. The second-order valence-corrected chi connectivity index (χ2v) is 6.31. The van der Waals surface area contributed by atoms with E-state index < -0.39 is 23.6 Å². The third-order valence-corrected chi connectivity index (χ3v) is 3.89. The minimum Gasteiger partial charge on any atom is -0.388 e. The molecule has 0 aliphatic rings. The molecule has 1 N–H and O–H groups in total. The Labute approximate surface area is 126 Å². The van der Waals surface area contributed by atoms with Crippen LogP contribution in [0.15, 0.2) is 42.6 Å². The van der Waals surface area contributed by atoms with Crippen molar-refractivity contribution in [3.05, 3.63) is 53.9 Å². The van der Waals surface area contributed by atoms with Crippen molar-refractivity contribution >= 4 is 10.8 Å². The summed E-state index contributed by atoms with van der Waals surface area (Å²) in [7, 11) is -0.899. The zero-order chi connectivity index (χ0) is 15.2. The number of benzene rings is 1. The molecule has 0 bridgehead atoms. The van der Waals surface area contributed by atoms with E-state index in [1.54, 1.807) is 24.6 Å². The lowest BCUT2D eigenvalue weighted by Gasteiger charge is -2.10. The Morgan fingerprint density at radius 3 is 2.38 bits per heavy atom. The molecule has 5 heteroatoms. The minimum atomic E-state index is -0.899. The standard InChI is InChI=1S/C16H18FNO2S/c1-21(20)11-15-7-6-14(10-18-15)12-2-4-13(5-3-12)16(19)8-9-17/h2-7,10,16,19H,8-9,11H2,1H3. The van der Waals surface area contributed by atoms with Crippen molar-refractivity contribution in [3.63, 3.8) is 0 Å². The normalized spacial score (nSPS) is 13.9. The molecule has 2 rings (SSSR count). The highest BCUT2D eigenvalue weighted by Gasteiger charge is 2.07. The molecule has 2 atom stereocenters. The fraction of sp³-hybridized carbons (Fsp3) is 0.312. The maximum Gasteiger partial charge on any atom is 0.0922 e. The number of hydrogen-bond donors (Lipinski definition) is 1. The molecule has 0 spiro atoms. The predicted molar refractivity (Wildman–Crippen MR) is 83.0 cm³/mol. The molecular formula is C16H18FNO2S. The monoisotopic (exact) mass is 307 g/mol. The average Bonchev–Trinajstić information content (AvgIpc) is 2.48. The molecule has 2 aromatic rings. The molecule has 0 aliphatic heterocycles. The SMILES string of the molecule is CS(=O)Cc1ccc(-c2ccc(C(O)CCF)cc2)cn1. The van der Waals surface area contributed by atoms with Crippen molar-refractivity contribution in [2.75, 3.05) is 12.9 Å². The molecule has 3 nitrogen and oxygen atoms in total. The number of alkyl halides is 1. The number of nitrogens with zero attached hydrogens (tertiary/aromatic N) is 1. The Hall–Kier alpha value is -1.59. The number of halogens is 1. The van der Waals surface area contributed by atoms with Gasteiger partial charge in [0.2, 0.25) is 0 Å². The van der Waals surface area contributed by atoms with Crippen molar-refractivity contribution in [2.45, 2.75) is 18.3 Å². The van der Waals surface area contributed by atoms with Crippen LogP contribution in [0, 0.1) is 0 Å². The quantitative estimate of drug-likeness (QED) is 0.892. The van der Waals surface area contributed by atoms with Gasteiger partial charge in [0, 0.05) is 35.2 Å².